The number of nitrogens with one attached hydrogen (secondary N) is 3. The van der Waals surface area contributed by atoms with Gasteiger partial charge in [0.1, 0.15) is 6.04 Å². The van der Waals surface area contributed by atoms with E-state index in [1.165, 1.54) is 56.3 Å². The molecule has 3 heterocycles. The Labute approximate surface area is 233 Å². The summed E-state index contributed by atoms with van der Waals surface area (Å²) in [5.41, 5.74) is 3.89. The van der Waals surface area contributed by atoms with E-state index in [4.69, 9.17) is 5.10 Å². The molecule has 2 aromatic rings. The van der Waals surface area contributed by atoms with E-state index in [1.54, 1.807) is 12.1 Å². The molecule has 2 aliphatic heterocycles. The number of aromatic nitrogens is 2. The summed E-state index contributed by atoms with van der Waals surface area (Å²) in [7, 11) is 0. The first-order valence-electron chi connectivity index (χ1n) is 14.9. The van der Waals surface area contributed by atoms with Crippen molar-refractivity contribution in [1.82, 2.24) is 20.0 Å². The zero-order chi connectivity index (χ0) is 27.4. The molecular weight excluding hydrogens is 508 g/mol. The first kappa shape index (κ1) is 25.3. The summed E-state index contributed by atoms with van der Waals surface area (Å²) < 4.78 is 2.19. The second-order valence-electron chi connectivity index (χ2n) is 12.2. The second kappa shape index (κ2) is 10.1. The van der Waals surface area contributed by atoms with Gasteiger partial charge < -0.3 is 10.6 Å². The highest BCUT2D eigenvalue weighted by Crippen LogP contribution is 2.45. The first-order valence-corrected chi connectivity index (χ1v) is 14.9. The number of nitrogens with zero attached hydrogens (tertiary/aromatic N) is 3. The molecule has 3 aliphatic carbocycles. The van der Waals surface area contributed by atoms with Crippen LogP contribution in [0.2, 0.25) is 0 Å². The normalized spacial score (nSPS) is 26.9. The Morgan fingerprint density at radius 3 is 2.45 bits per heavy atom. The fourth-order valence-corrected chi connectivity index (χ4v) is 6.76. The van der Waals surface area contributed by atoms with Crippen LogP contribution in [0.25, 0.3) is 0 Å². The molecular formula is C30H36N6O4. The average molecular weight is 545 g/mol. The summed E-state index contributed by atoms with van der Waals surface area (Å²) >= 11 is 0. The van der Waals surface area contributed by atoms with Crippen molar-refractivity contribution in [2.75, 3.05) is 17.2 Å². The molecule has 0 bridgehead atoms. The predicted octanol–water partition coefficient (Wildman–Crippen LogP) is 3.97. The number of hydrogen-bond donors (Lipinski definition) is 3. The Balaban J connectivity index is 0.954. The van der Waals surface area contributed by atoms with Gasteiger partial charge in [-0.15, -0.1) is 0 Å². The molecule has 4 amide bonds. The lowest BCUT2D eigenvalue weighted by Gasteiger charge is -2.35. The topological polar surface area (TPSA) is 125 Å². The summed E-state index contributed by atoms with van der Waals surface area (Å²) in [4.78, 5) is 50.8. The van der Waals surface area contributed by atoms with Gasteiger partial charge in [-0.2, -0.15) is 5.10 Å². The van der Waals surface area contributed by atoms with Crippen LogP contribution < -0.4 is 16.0 Å². The van der Waals surface area contributed by atoms with Crippen molar-refractivity contribution in [2.24, 2.45) is 5.92 Å². The molecule has 40 heavy (non-hydrogen) atoms. The lowest BCUT2D eigenvalue weighted by atomic mass is 9.80. The summed E-state index contributed by atoms with van der Waals surface area (Å²) in [6.45, 7) is 0.776. The number of imide groups is 2. The van der Waals surface area contributed by atoms with E-state index in [1.807, 2.05) is 6.07 Å². The van der Waals surface area contributed by atoms with E-state index in [0.29, 0.717) is 35.0 Å². The van der Waals surface area contributed by atoms with Gasteiger partial charge >= 0.3 is 0 Å². The molecule has 5 aliphatic rings. The molecule has 10 heteroatoms. The number of amides is 4. The number of piperidine rings is 1. The van der Waals surface area contributed by atoms with Gasteiger partial charge in [-0.25, -0.2) is 0 Å². The Kier molecular flexibility index (Phi) is 6.35. The van der Waals surface area contributed by atoms with Gasteiger partial charge in [0.25, 0.3) is 11.8 Å². The van der Waals surface area contributed by atoms with E-state index < -0.39 is 23.8 Å². The standard InChI is InChI=1S/C30H36N6O4/c37-26-11-10-25(28(38)33-26)36-29(39)22-9-8-20(14-23(22)30(36)40)31-15-17-12-21(13-17)35-16-24(27(34-35)18-6-7-18)32-19-4-2-1-3-5-19/h8-9,14,16-19,21,25,31-32H,1-7,10-13,15H2,(H,33,37,38). The molecule has 0 radical (unpaired) electrons. The lowest BCUT2D eigenvalue weighted by Crippen LogP contribution is -2.54. The van der Waals surface area contributed by atoms with Crippen molar-refractivity contribution in [3.8, 4) is 0 Å². The van der Waals surface area contributed by atoms with Crippen molar-refractivity contribution in [3.05, 3.63) is 41.2 Å². The third-order valence-corrected chi connectivity index (χ3v) is 9.31. The minimum absolute atomic E-state index is 0.109. The highest BCUT2D eigenvalue weighted by Gasteiger charge is 2.44. The van der Waals surface area contributed by atoms with Gasteiger partial charge in [0, 0.05) is 36.8 Å². The molecule has 3 N–H and O–H groups in total. The molecule has 1 unspecified atom stereocenters. The van der Waals surface area contributed by atoms with Crippen LogP contribution >= 0.6 is 0 Å². The maximum Gasteiger partial charge on any atom is 0.262 e. The second-order valence-corrected chi connectivity index (χ2v) is 12.2. The van der Waals surface area contributed by atoms with Crippen molar-refractivity contribution in [3.63, 3.8) is 0 Å². The summed E-state index contributed by atoms with van der Waals surface area (Å²) in [5, 5.41) is 14.5. The van der Waals surface area contributed by atoms with Crippen molar-refractivity contribution < 1.29 is 19.2 Å². The van der Waals surface area contributed by atoms with Gasteiger partial charge in [0.15, 0.2) is 0 Å². The molecule has 3 saturated carbocycles. The van der Waals surface area contributed by atoms with Gasteiger partial charge in [-0.3, -0.25) is 34.1 Å². The molecule has 10 nitrogen and oxygen atoms in total. The number of rotatable bonds is 8. The van der Waals surface area contributed by atoms with Crippen molar-refractivity contribution in [1.29, 1.82) is 0 Å². The fourth-order valence-electron chi connectivity index (χ4n) is 6.76. The molecule has 210 valence electrons. The van der Waals surface area contributed by atoms with Crippen LogP contribution in [0, 0.1) is 5.92 Å². The van der Waals surface area contributed by atoms with Crippen molar-refractivity contribution >= 4 is 35.0 Å². The fraction of sp³-hybridized carbons (Fsp3) is 0.567. The summed E-state index contributed by atoms with van der Waals surface area (Å²) in [6.07, 6.45) is 13.6. The van der Waals surface area contributed by atoms with Crippen LogP contribution in [-0.2, 0) is 9.59 Å². The van der Waals surface area contributed by atoms with Crippen LogP contribution in [0.4, 0.5) is 11.4 Å². The maximum atomic E-state index is 13.1. The van der Waals surface area contributed by atoms with Gasteiger partial charge in [0.05, 0.1) is 28.6 Å². The Hall–Kier alpha value is -3.69. The van der Waals surface area contributed by atoms with E-state index in [9.17, 15) is 19.2 Å². The SMILES string of the molecule is O=C1CCC(N2C(=O)c3ccc(NCC4CC(n5cc(NC6CCCCC6)c(C6CC6)n5)C4)cc3C2=O)C(=O)N1. The summed E-state index contributed by atoms with van der Waals surface area (Å²) in [6, 6.07) is 5.20. The van der Waals surface area contributed by atoms with Crippen LogP contribution in [0.1, 0.15) is 109 Å². The molecule has 1 aromatic heterocycles. The predicted molar refractivity (Wildman–Crippen MR) is 148 cm³/mol. The van der Waals surface area contributed by atoms with Crippen LogP contribution in [0.3, 0.4) is 0 Å². The Bertz CT molecular complexity index is 1370. The third kappa shape index (κ3) is 4.67. The monoisotopic (exact) mass is 544 g/mol. The highest BCUT2D eigenvalue weighted by molar-refractivity contribution is 6.23. The molecule has 0 spiro atoms. The number of carbonyl (C=O) groups excluding carboxylic acids is 4. The molecule has 1 atom stereocenters. The smallest absolute Gasteiger partial charge is 0.262 e. The summed E-state index contributed by atoms with van der Waals surface area (Å²) in [5.74, 6) is -0.823. The van der Waals surface area contributed by atoms with Crippen molar-refractivity contribution in [2.45, 2.75) is 94.7 Å². The van der Waals surface area contributed by atoms with E-state index in [0.717, 1.165) is 30.0 Å². The maximum absolute atomic E-state index is 13.1. The number of anilines is 2. The molecule has 7 rings (SSSR count). The molecule has 4 fully saturated rings. The lowest BCUT2D eigenvalue weighted by molar-refractivity contribution is -0.136. The zero-order valence-corrected chi connectivity index (χ0v) is 22.7. The van der Waals surface area contributed by atoms with Crippen LogP contribution in [0.5, 0.6) is 0 Å². The van der Waals surface area contributed by atoms with E-state index in [2.05, 4.69) is 26.8 Å². The molecule has 1 saturated heterocycles. The van der Waals surface area contributed by atoms with E-state index >= 15 is 0 Å². The quantitative estimate of drug-likeness (QED) is 0.430. The number of carbonyl (C=O) groups is 4. The average Bonchev–Trinajstić information content (AvgIpc) is 3.64. The van der Waals surface area contributed by atoms with Gasteiger partial charge in [0.2, 0.25) is 11.8 Å². The zero-order valence-electron chi connectivity index (χ0n) is 22.7. The van der Waals surface area contributed by atoms with Crippen LogP contribution in [0.15, 0.2) is 24.4 Å². The van der Waals surface area contributed by atoms with Gasteiger partial charge in [-0.05, 0) is 69.1 Å². The number of fused-ring (bicyclic) bond motifs is 1. The van der Waals surface area contributed by atoms with Gasteiger partial charge in [-0.1, -0.05) is 19.3 Å². The van der Waals surface area contributed by atoms with Crippen LogP contribution in [-0.4, -0.2) is 56.9 Å². The minimum Gasteiger partial charge on any atom is -0.385 e. The molecule has 1 aromatic carbocycles. The largest absolute Gasteiger partial charge is 0.385 e. The number of hydrogen-bond acceptors (Lipinski definition) is 7. The number of benzene rings is 1. The Morgan fingerprint density at radius 1 is 0.925 bits per heavy atom. The first-order chi connectivity index (χ1) is 19.4. The highest BCUT2D eigenvalue weighted by atomic mass is 16.2. The Morgan fingerprint density at radius 2 is 1.70 bits per heavy atom. The third-order valence-electron chi connectivity index (χ3n) is 9.31. The van der Waals surface area contributed by atoms with E-state index in [-0.39, 0.29) is 18.7 Å². The minimum atomic E-state index is -0.950.